The maximum atomic E-state index is 6.08. The molecule has 138 valence electrons. The number of piperazine rings is 1. The lowest BCUT2D eigenvalue weighted by atomic mass is 9.97. The zero-order valence-corrected chi connectivity index (χ0v) is 16.4. The van der Waals surface area contributed by atoms with E-state index in [0.717, 1.165) is 24.5 Å². The Balaban J connectivity index is 0.000000227. The predicted octanol–water partition coefficient (Wildman–Crippen LogP) is 3.48. The standard InChI is InChI=1S/C15H14ClN.C5H12N2.C2H2/c1-10-7-12-3-2-6-17-15(12)8-11-4-5-13(16)9-14(10)11;1-7-4-2-6-3-5-7;1-2/h2-7,9,15,17H,8H2,1H3;6H,2-5H2,1H3;1-2H. The van der Waals surface area contributed by atoms with Crippen LogP contribution < -0.4 is 10.6 Å². The van der Waals surface area contributed by atoms with Gasteiger partial charge in [0.1, 0.15) is 0 Å². The van der Waals surface area contributed by atoms with E-state index in [-0.39, 0.29) is 0 Å². The summed E-state index contributed by atoms with van der Waals surface area (Å²) >= 11 is 6.08. The fourth-order valence-electron chi connectivity index (χ4n) is 3.29. The van der Waals surface area contributed by atoms with Crippen molar-refractivity contribution in [2.24, 2.45) is 0 Å². The van der Waals surface area contributed by atoms with Gasteiger partial charge in [-0.05, 0) is 67.1 Å². The van der Waals surface area contributed by atoms with Gasteiger partial charge in [-0.3, -0.25) is 0 Å². The number of halogens is 1. The molecule has 2 aliphatic heterocycles. The minimum atomic E-state index is 0.386. The molecule has 1 aromatic carbocycles. The quantitative estimate of drug-likeness (QED) is 0.685. The van der Waals surface area contributed by atoms with Gasteiger partial charge in [0, 0.05) is 31.2 Å². The van der Waals surface area contributed by atoms with E-state index < -0.39 is 0 Å². The van der Waals surface area contributed by atoms with Gasteiger partial charge in [-0.1, -0.05) is 29.8 Å². The van der Waals surface area contributed by atoms with Gasteiger partial charge in [-0.2, -0.15) is 0 Å². The van der Waals surface area contributed by atoms with Crippen LogP contribution in [-0.2, 0) is 6.42 Å². The Kier molecular flexibility index (Phi) is 8.00. The molecule has 1 fully saturated rings. The lowest BCUT2D eigenvalue weighted by Crippen LogP contribution is -2.40. The van der Waals surface area contributed by atoms with Crippen LogP contribution in [0.15, 0.2) is 48.2 Å². The average molecular weight is 370 g/mol. The highest BCUT2D eigenvalue weighted by atomic mass is 35.5. The monoisotopic (exact) mass is 369 g/mol. The summed E-state index contributed by atoms with van der Waals surface area (Å²) in [4.78, 5) is 2.33. The van der Waals surface area contributed by atoms with E-state index in [9.17, 15) is 0 Å². The van der Waals surface area contributed by atoms with Crippen LogP contribution in [-0.4, -0.2) is 44.2 Å². The molecule has 3 nitrogen and oxygen atoms in total. The van der Waals surface area contributed by atoms with Crippen LogP contribution in [0.2, 0.25) is 5.02 Å². The van der Waals surface area contributed by atoms with Crippen LogP contribution in [0.3, 0.4) is 0 Å². The first-order chi connectivity index (χ1) is 12.6. The molecule has 1 saturated heterocycles. The molecule has 26 heavy (non-hydrogen) atoms. The van der Waals surface area contributed by atoms with Crippen molar-refractivity contribution < 1.29 is 0 Å². The number of fused-ring (bicyclic) bond motifs is 2. The van der Waals surface area contributed by atoms with E-state index in [4.69, 9.17) is 11.6 Å². The summed E-state index contributed by atoms with van der Waals surface area (Å²) < 4.78 is 0. The van der Waals surface area contributed by atoms with E-state index in [1.54, 1.807) is 0 Å². The summed E-state index contributed by atoms with van der Waals surface area (Å²) in [5, 5.41) is 7.49. The lowest BCUT2D eigenvalue weighted by Gasteiger charge is -2.21. The fourth-order valence-corrected chi connectivity index (χ4v) is 3.46. The Labute approximate surface area is 162 Å². The maximum absolute atomic E-state index is 6.08. The minimum absolute atomic E-state index is 0.386. The second-order valence-corrected chi connectivity index (χ2v) is 7.07. The van der Waals surface area contributed by atoms with Crippen LogP contribution in [0.25, 0.3) is 5.57 Å². The largest absolute Gasteiger partial charge is 0.384 e. The van der Waals surface area contributed by atoms with Crippen molar-refractivity contribution in [3.8, 4) is 12.8 Å². The van der Waals surface area contributed by atoms with Crippen LogP contribution in [0.1, 0.15) is 18.1 Å². The van der Waals surface area contributed by atoms with Crippen molar-refractivity contribution in [2.45, 2.75) is 19.4 Å². The molecule has 0 spiro atoms. The molecule has 0 bridgehead atoms. The first-order valence-corrected chi connectivity index (χ1v) is 9.34. The number of benzene rings is 1. The molecule has 0 radical (unpaired) electrons. The Hall–Kier alpha value is -1.99. The number of dihydropyridines is 1. The molecule has 1 atom stereocenters. The van der Waals surface area contributed by atoms with Crippen molar-refractivity contribution in [2.75, 3.05) is 33.2 Å². The van der Waals surface area contributed by atoms with Gasteiger partial charge in [0.2, 0.25) is 0 Å². The maximum Gasteiger partial charge on any atom is 0.0549 e. The van der Waals surface area contributed by atoms with Gasteiger partial charge in [-0.25, -0.2) is 0 Å². The lowest BCUT2D eigenvalue weighted by molar-refractivity contribution is 0.291. The normalized spacial score (nSPS) is 21.0. The molecule has 0 amide bonds. The molecule has 1 aliphatic carbocycles. The van der Waals surface area contributed by atoms with E-state index in [0.29, 0.717) is 6.04 Å². The SMILES string of the molecule is C#C.CC1=CC2=CC=CNC2Cc2ccc(Cl)cc21.CN1CCNCC1. The van der Waals surface area contributed by atoms with Crippen molar-refractivity contribution in [3.63, 3.8) is 0 Å². The number of allylic oxidation sites excluding steroid dienone is 3. The van der Waals surface area contributed by atoms with Crippen LogP contribution >= 0.6 is 11.6 Å². The van der Waals surface area contributed by atoms with E-state index >= 15 is 0 Å². The molecular formula is C22H28ClN3. The van der Waals surface area contributed by atoms with Crippen molar-refractivity contribution in [1.29, 1.82) is 0 Å². The van der Waals surface area contributed by atoms with Gasteiger partial charge >= 0.3 is 0 Å². The third kappa shape index (κ3) is 5.51. The summed E-state index contributed by atoms with van der Waals surface area (Å²) in [6.45, 7) is 6.89. The van der Waals surface area contributed by atoms with E-state index in [1.165, 1.54) is 35.4 Å². The van der Waals surface area contributed by atoms with Crippen LogP contribution in [0.5, 0.6) is 0 Å². The zero-order valence-electron chi connectivity index (χ0n) is 15.6. The second-order valence-electron chi connectivity index (χ2n) is 6.63. The number of nitrogens with zero attached hydrogens (tertiary/aromatic N) is 1. The Bertz CT molecular complexity index is 709. The molecule has 2 N–H and O–H groups in total. The van der Waals surface area contributed by atoms with E-state index in [1.807, 2.05) is 12.3 Å². The summed E-state index contributed by atoms with van der Waals surface area (Å²) in [5.74, 6) is 0. The molecule has 2 heterocycles. The van der Waals surface area contributed by atoms with Gasteiger partial charge in [-0.15, -0.1) is 12.8 Å². The molecule has 1 aromatic rings. The number of nitrogens with one attached hydrogen (secondary N) is 2. The Morgan fingerprint density at radius 3 is 2.58 bits per heavy atom. The predicted molar refractivity (Wildman–Crippen MR) is 113 cm³/mol. The molecule has 3 aliphatic rings. The molecular weight excluding hydrogens is 342 g/mol. The van der Waals surface area contributed by atoms with Gasteiger partial charge in [0.25, 0.3) is 0 Å². The molecule has 1 unspecified atom stereocenters. The number of terminal acetylenes is 1. The van der Waals surface area contributed by atoms with E-state index in [2.05, 4.69) is 72.7 Å². The Morgan fingerprint density at radius 1 is 1.19 bits per heavy atom. The molecule has 4 rings (SSSR count). The van der Waals surface area contributed by atoms with Crippen LogP contribution in [0, 0.1) is 12.8 Å². The van der Waals surface area contributed by atoms with Gasteiger partial charge < -0.3 is 15.5 Å². The van der Waals surface area contributed by atoms with Crippen molar-refractivity contribution >= 4 is 17.2 Å². The minimum Gasteiger partial charge on any atom is -0.384 e. The first-order valence-electron chi connectivity index (χ1n) is 8.96. The molecule has 0 aromatic heterocycles. The van der Waals surface area contributed by atoms with Crippen molar-refractivity contribution in [3.05, 3.63) is 64.3 Å². The average Bonchev–Trinajstić information content (AvgIpc) is 2.80. The number of hydrogen-bond donors (Lipinski definition) is 2. The fraction of sp³-hybridized carbons (Fsp3) is 0.364. The van der Waals surface area contributed by atoms with Crippen LogP contribution in [0.4, 0.5) is 0 Å². The van der Waals surface area contributed by atoms with Crippen molar-refractivity contribution in [1.82, 2.24) is 15.5 Å². The summed E-state index contributed by atoms with van der Waals surface area (Å²) in [7, 11) is 2.15. The molecule has 4 heteroatoms. The summed E-state index contributed by atoms with van der Waals surface area (Å²) in [5.41, 5.74) is 5.26. The first kappa shape index (κ1) is 20.3. The molecule has 0 saturated carbocycles. The smallest absolute Gasteiger partial charge is 0.0549 e. The second kappa shape index (κ2) is 10.2. The highest BCUT2D eigenvalue weighted by molar-refractivity contribution is 6.30. The third-order valence-corrected chi connectivity index (χ3v) is 4.96. The number of hydrogen-bond acceptors (Lipinski definition) is 3. The highest BCUT2D eigenvalue weighted by Gasteiger charge is 2.20. The number of rotatable bonds is 0. The zero-order chi connectivity index (χ0) is 18.9. The summed E-state index contributed by atoms with van der Waals surface area (Å²) in [6.07, 6.45) is 17.5. The third-order valence-electron chi connectivity index (χ3n) is 4.73. The highest BCUT2D eigenvalue weighted by Crippen LogP contribution is 2.30. The summed E-state index contributed by atoms with van der Waals surface area (Å²) in [6, 6.07) is 6.56. The Morgan fingerprint density at radius 2 is 1.92 bits per heavy atom. The van der Waals surface area contributed by atoms with Gasteiger partial charge in [0.05, 0.1) is 6.04 Å². The van der Waals surface area contributed by atoms with Gasteiger partial charge in [0.15, 0.2) is 0 Å². The topological polar surface area (TPSA) is 27.3 Å². The number of likely N-dealkylation sites (N-methyl/N-ethyl adjacent to an activating group) is 1.